The zero-order valence-electron chi connectivity index (χ0n) is 21.6. The van der Waals surface area contributed by atoms with Crippen molar-refractivity contribution in [1.82, 2.24) is 10.6 Å². The Morgan fingerprint density at radius 2 is 1.74 bits per heavy atom. The van der Waals surface area contributed by atoms with Crippen LogP contribution in [0.3, 0.4) is 0 Å². The van der Waals surface area contributed by atoms with Crippen molar-refractivity contribution in [2.24, 2.45) is 0 Å². The number of amides is 2. The van der Waals surface area contributed by atoms with Gasteiger partial charge in [-0.2, -0.15) is 0 Å². The molecule has 204 valence electrons. The Labute approximate surface area is 225 Å². The fourth-order valence-corrected chi connectivity index (χ4v) is 4.36. The number of ether oxygens (including phenoxy) is 3. The highest BCUT2D eigenvalue weighted by Gasteiger charge is 2.37. The second-order valence-corrected chi connectivity index (χ2v) is 9.10. The summed E-state index contributed by atoms with van der Waals surface area (Å²) in [6, 6.07) is 15.0. The summed E-state index contributed by atoms with van der Waals surface area (Å²) < 4.78 is 15.7. The largest absolute Gasteiger partial charge is 0.459 e. The third kappa shape index (κ3) is 6.88. The van der Waals surface area contributed by atoms with Gasteiger partial charge in [-0.15, -0.1) is 0 Å². The maximum Gasteiger partial charge on any atom is 0.414 e. The van der Waals surface area contributed by atoms with Gasteiger partial charge in [0.1, 0.15) is 18.8 Å². The van der Waals surface area contributed by atoms with Crippen LogP contribution >= 0.6 is 0 Å². The molecule has 0 aliphatic carbocycles. The number of nitrogens with zero attached hydrogens (tertiary/aromatic N) is 1. The van der Waals surface area contributed by atoms with Crippen LogP contribution in [0.4, 0.5) is 10.5 Å². The van der Waals surface area contributed by atoms with E-state index in [0.717, 1.165) is 5.56 Å². The monoisotopic (exact) mass is 535 g/mol. The standard InChI is InChI=1S/C28H29N3O8/c1-17(32)29-12-22-14-31(28(36)39-22)21-10-8-20(9-11-21)23-13-30-26(25(23)24(34)16-37-18(2)33)27(35)38-15-19-6-4-3-5-7-19/h3-11,22,26,30H,12-16H2,1-2H3,(H,29,32)/t22-,26-/m0/s1. The molecule has 2 aliphatic heterocycles. The third-order valence-electron chi connectivity index (χ3n) is 6.24. The molecule has 2 amide bonds. The van der Waals surface area contributed by atoms with E-state index in [0.29, 0.717) is 16.8 Å². The maximum atomic E-state index is 13.1. The SMILES string of the molecule is CC(=O)NC[C@H]1CN(c2ccc(C3=C(C(=O)COC(C)=O)[C@@H](C(=O)OCc4ccccc4)NC3)cc2)C(=O)O1. The maximum absolute atomic E-state index is 13.1. The van der Waals surface area contributed by atoms with E-state index in [4.69, 9.17) is 14.2 Å². The van der Waals surface area contributed by atoms with Crippen LogP contribution in [0, 0.1) is 0 Å². The summed E-state index contributed by atoms with van der Waals surface area (Å²) in [5, 5.41) is 5.67. The highest BCUT2D eigenvalue weighted by Crippen LogP contribution is 2.30. The molecule has 39 heavy (non-hydrogen) atoms. The van der Waals surface area contributed by atoms with Crippen LogP contribution < -0.4 is 15.5 Å². The zero-order valence-corrected chi connectivity index (χ0v) is 21.6. The van der Waals surface area contributed by atoms with Gasteiger partial charge < -0.3 is 19.5 Å². The topological polar surface area (TPSA) is 140 Å². The summed E-state index contributed by atoms with van der Waals surface area (Å²) in [6.07, 6.45) is -1.01. The summed E-state index contributed by atoms with van der Waals surface area (Å²) in [5.41, 5.74) is 2.76. The number of Topliss-reactive ketones (excluding diaryl/α,β-unsaturated/α-hetero) is 1. The lowest BCUT2D eigenvalue weighted by atomic mass is 9.95. The van der Waals surface area contributed by atoms with Gasteiger partial charge in [-0.1, -0.05) is 42.5 Å². The average molecular weight is 536 g/mol. The summed E-state index contributed by atoms with van der Waals surface area (Å²) in [6.45, 7) is 2.81. The first-order valence-electron chi connectivity index (χ1n) is 12.4. The van der Waals surface area contributed by atoms with Crippen molar-refractivity contribution in [3.05, 3.63) is 71.3 Å². The Hall–Kier alpha value is -4.51. The molecule has 0 radical (unpaired) electrons. The molecule has 1 saturated heterocycles. The van der Waals surface area contributed by atoms with Crippen molar-refractivity contribution in [3.8, 4) is 0 Å². The summed E-state index contributed by atoms with van der Waals surface area (Å²) >= 11 is 0. The zero-order chi connectivity index (χ0) is 27.9. The lowest BCUT2D eigenvalue weighted by molar-refractivity contribution is -0.147. The van der Waals surface area contributed by atoms with E-state index in [2.05, 4.69) is 10.6 Å². The van der Waals surface area contributed by atoms with E-state index in [9.17, 15) is 24.0 Å². The normalized spacial score (nSPS) is 18.5. The Kier molecular flexibility index (Phi) is 8.72. The molecule has 2 N–H and O–H groups in total. The molecule has 0 bridgehead atoms. The van der Waals surface area contributed by atoms with Gasteiger partial charge in [-0.3, -0.25) is 24.6 Å². The molecular weight excluding hydrogens is 506 g/mol. The summed E-state index contributed by atoms with van der Waals surface area (Å²) in [5.74, 6) is -1.96. The second-order valence-electron chi connectivity index (χ2n) is 9.10. The quantitative estimate of drug-likeness (QED) is 0.344. The van der Waals surface area contributed by atoms with Gasteiger partial charge in [0.2, 0.25) is 5.91 Å². The molecule has 2 aromatic rings. The van der Waals surface area contributed by atoms with Gasteiger partial charge in [0, 0.05) is 31.7 Å². The van der Waals surface area contributed by atoms with E-state index < -0.39 is 42.6 Å². The minimum Gasteiger partial charge on any atom is -0.459 e. The number of benzene rings is 2. The Morgan fingerprint density at radius 3 is 2.41 bits per heavy atom. The van der Waals surface area contributed by atoms with Crippen molar-refractivity contribution >= 4 is 41.0 Å². The Morgan fingerprint density at radius 1 is 1.03 bits per heavy atom. The molecule has 0 spiro atoms. The summed E-state index contributed by atoms with van der Waals surface area (Å²) in [7, 11) is 0. The first-order chi connectivity index (χ1) is 18.7. The molecule has 0 saturated carbocycles. The molecule has 0 aromatic heterocycles. The average Bonchev–Trinajstić information content (AvgIpc) is 3.54. The Bertz CT molecular complexity index is 1290. The number of cyclic esters (lactones) is 1. The van der Waals surface area contributed by atoms with Crippen LogP contribution in [0.2, 0.25) is 0 Å². The lowest BCUT2D eigenvalue weighted by Gasteiger charge is -2.16. The van der Waals surface area contributed by atoms with Gasteiger partial charge >= 0.3 is 18.0 Å². The van der Waals surface area contributed by atoms with Gasteiger partial charge in [-0.25, -0.2) is 9.59 Å². The van der Waals surface area contributed by atoms with Crippen molar-refractivity contribution < 1.29 is 38.2 Å². The number of hydrogen-bond acceptors (Lipinski definition) is 9. The number of carbonyl (C=O) groups is 5. The predicted octanol–water partition coefficient (Wildman–Crippen LogP) is 1.75. The van der Waals surface area contributed by atoms with Crippen LogP contribution in [0.15, 0.2) is 60.2 Å². The van der Waals surface area contributed by atoms with E-state index in [-0.39, 0.29) is 37.7 Å². The number of carbonyl (C=O) groups excluding carboxylic acids is 5. The van der Waals surface area contributed by atoms with Crippen molar-refractivity contribution in [2.45, 2.75) is 32.6 Å². The molecule has 11 nitrogen and oxygen atoms in total. The van der Waals surface area contributed by atoms with Crippen molar-refractivity contribution in [3.63, 3.8) is 0 Å². The first-order valence-corrected chi connectivity index (χ1v) is 12.4. The smallest absolute Gasteiger partial charge is 0.414 e. The fraction of sp³-hybridized carbons (Fsp3) is 0.321. The Balaban J connectivity index is 1.53. The molecule has 2 aromatic carbocycles. The van der Waals surface area contributed by atoms with Crippen LogP contribution in [0.1, 0.15) is 25.0 Å². The number of ketones is 1. The van der Waals surface area contributed by atoms with E-state index in [1.807, 2.05) is 30.3 Å². The summed E-state index contributed by atoms with van der Waals surface area (Å²) in [4.78, 5) is 62.4. The van der Waals surface area contributed by atoms with Gasteiger partial charge in [0.05, 0.1) is 13.1 Å². The highest BCUT2D eigenvalue weighted by atomic mass is 16.6. The third-order valence-corrected chi connectivity index (χ3v) is 6.24. The highest BCUT2D eigenvalue weighted by molar-refractivity contribution is 6.11. The van der Waals surface area contributed by atoms with Crippen LogP contribution in [-0.4, -0.2) is 68.1 Å². The fourth-order valence-electron chi connectivity index (χ4n) is 4.36. The molecule has 0 unspecified atom stereocenters. The van der Waals surface area contributed by atoms with Crippen molar-refractivity contribution in [2.75, 3.05) is 31.1 Å². The molecule has 11 heteroatoms. The minimum atomic E-state index is -1.03. The molecule has 2 aliphatic rings. The van der Waals surface area contributed by atoms with Crippen molar-refractivity contribution in [1.29, 1.82) is 0 Å². The van der Waals surface area contributed by atoms with Crippen LogP contribution in [-0.2, 0) is 40.0 Å². The van der Waals surface area contributed by atoms with Gasteiger partial charge in [0.15, 0.2) is 12.4 Å². The molecular formula is C28H29N3O8. The molecule has 4 rings (SSSR count). The van der Waals surface area contributed by atoms with Crippen LogP contribution in [0.25, 0.3) is 5.57 Å². The van der Waals surface area contributed by atoms with Gasteiger partial charge in [-0.05, 0) is 28.8 Å². The first kappa shape index (κ1) is 27.5. The van der Waals surface area contributed by atoms with E-state index in [1.165, 1.54) is 18.7 Å². The van der Waals surface area contributed by atoms with E-state index in [1.54, 1.807) is 24.3 Å². The number of rotatable bonds is 10. The van der Waals surface area contributed by atoms with Crippen LogP contribution in [0.5, 0.6) is 0 Å². The number of nitrogens with one attached hydrogen (secondary N) is 2. The molecule has 2 heterocycles. The minimum absolute atomic E-state index is 0.0438. The predicted molar refractivity (Wildman–Crippen MR) is 139 cm³/mol. The number of hydrogen-bond donors (Lipinski definition) is 2. The number of esters is 2. The lowest BCUT2D eigenvalue weighted by Crippen LogP contribution is -2.38. The van der Waals surface area contributed by atoms with Gasteiger partial charge in [0.25, 0.3) is 0 Å². The molecule has 1 fully saturated rings. The molecule has 2 atom stereocenters. The number of anilines is 1. The second kappa shape index (κ2) is 12.4. The van der Waals surface area contributed by atoms with E-state index >= 15 is 0 Å².